The van der Waals surface area contributed by atoms with Crippen LogP contribution in [0.15, 0.2) is 56.3 Å². The number of ether oxygens (including phenoxy) is 2. The number of hydrogen-bond acceptors (Lipinski definition) is 7. The van der Waals surface area contributed by atoms with Crippen LogP contribution in [-0.2, 0) is 21.3 Å². The second-order valence-corrected chi connectivity index (χ2v) is 10.8. The number of rotatable bonds is 8. The maximum Gasteiger partial charge on any atom is 0.407 e. The van der Waals surface area contributed by atoms with E-state index >= 15 is 0 Å². The first-order chi connectivity index (χ1) is 15.7. The third kappa shape index (κ3) is 6.60. The summed E-state index contributed by atoms with van der Waals surface area (Å²) in [5.41, 5.74) is 0.796. The number of alkyl carbamates (subject to hydrolysis) is 1. The molecule has 1 heterocycles. The quantitative estimate of drug-likeness (QED) is 0.445. The highest BCUT2D eigenvalue weighted by Gasteiger charge is 2.35. The Morgan fingerprint density at radius 3 is 2.76 bits per heavy atom. The molecule has 0 spiro atoms. The van der Waals surface area contributed by atoms with Gasteiger partial charge in [-0.2, -0.15) is 5.26 Å². The SMILES string of the molecule is COc1ccccc1CNC(=O)OC[C@H]1C[C@@H](NS(=O)(=O)c2cc(Br)ccc2Br)CN1C#N. The van der Waals surface area contributed by atoms with Gasteiger partial charge in [-0.05, 0) is 46.6 Å². The highest BCUT2D eigenvalue weighted by Crippen LogP contribution is 2.27. The third-order valence-corrected chi connectivity index (χ3v) is 8.08. The minimum absolute atomic E-state index is 0.0515. The fourth-order valence-corrected chi connectivity index (χ4v) is 6.23. The molecule has 3 rings (SSSR count). The van der Waals surface area contributed by atoms with E-state index in [4.69, 9.17) is 9.47 Å². The van der Waals surface area contributed by atoms with Crippen LogP contribution in [0.5, 0.6) is 5.75 Å². The largest absolute Gasteiger partial charge is 0.496 e. The average molecular weight is 602 g/mol. The molecule has 0 saturated carbocycles. The lowest BCUT2D eigenvalue weighted by atomic mass is 10.2. The van der Waals surface area contributed by atoms with Gasteiger partial charge >= 0.3 is 6.09 Å². The zero-order valence-electron chi connectivity index (χ0n) is 17.6. The summed E-state index contributed by atoms with van der Waals surface area (Å²) in [6.07, 6.45) is 1.72. The molecule has 2 aromatic rings. The van der Waals surface area contributed by atoms with E-state index in [-0.39, 0.29) is 24.6 Å². The van der Waals surface area contributed by atoms with Crippen LogP contribution in [0.3, 0.4) is 0 Å². The topological polar surface area (TPSA) is 121 Å². The molecule has 1 saturated heterocycles. The van der Waals surface area contributed by atoms with E-state index in [9.17, 15) is 18.5 Å². The molecule has 2 atom stereocenters. The van der Waals surface area contributed by atoms with E-state index in [2.05, 4.69) is 41.9 Å². The van der Waals surface area contributed by atoms with Crippen molar-refractivity contribution in [3.63, 3.8) is 0 Å². The zero-order chi connectivity index (χ0) is 24.0. The van der Waals surface area contributed by atoms with Crippen molar-refractivity contribution in [3.8, 4) is 11.9 Å². The number of nitrogens with one attached hydrogen (secondary N) is 2. The van der Waals surface area contributed by atoms with Crippen LogP contribution in [0.2, 0.25) is 0 Å². The van der Waals surface area contributed by atoms with Crippen molar-refractivity contribution >= 4 is 48.0 Å². The number of likely N-dealkylation sites (tertiary alicyclic amines) is 1. The molecule has 1 amide bonds. The van der Waals surface area contributed by atoms with Gasteiger partial charge in [0.25, 0.3) is 0 Å². The summed E-state index contributed by atoms with van der Waals surface area (Å²) < 4.78 is 39.9. The fourth-order valence-electron chi connectivity index (χ4n) is 3.49. The number of para-hydroxylation sites is 1. The van der Waals surface area contributed by atoms with E-state index in [1.807, 2.05) is 24.4 Å². The predicted octanol–water partition coefficient (Wildman–Crippen LogP) is 3.35. The summed E-state index contributed by atoms with van der Waals surface area (Å²) >= 11 is 6.53. The molecule has 0 bridgehead atoms. The minimum atomic E-state index is -3.82. The van der Waals surface area contributed by atoms with Gasteiger partial charge in [0.15, 0.2) is 6.19 Å². The first-order valence-electron chi connectivity index (χ1n) is 9.89. The Balaban J connectivity index is 1.55. The van der Waals surface area contributed by atoms with E-state index in [0.717, 1.165) is 5.56 Å². The molecule has 1 aliphatic heterocycles. The predicted molar refractivity (Wildman–Crippen MR) is 128 cm³/mol. The summed E-state index contributed by atoms with van der Waals surface area (Å²) in [5.74, 6) is 0.649. The first-order valence-corrected chi connectivity index (χ1v) is 13.0. The molecule has 176 valence electrons. The Hall–Kier alpha value is -2.33. The third-order valence-electron chi connectivity index (χ3n) is 5.07. The van der Waals surface area contributed by atoms with Gasteiger partial charge in [-0.1, -0.05) is 34.1 Å². The number of benzene rings is 2. The highest BCUT2D eigenvalue weighted by atomic mass is 79.9. The lowest BCUT2D eigenvalue weighted by molar-refractivity contribution is 0.121. The second kappa shape index (κ2) is 11.2. The van der Waals surface area contributed by atoms with Crippen LogP contribution in [-0.4, -0.2) is 51.8 Å². The lowest BCUT2D eigenvalue weighted by Crippen LogP contribution is -2.36. The lowest BCUT2D eigenvalue weighted by Gasteiger charge is -2.18. The Morgan fingerprint density at radius 2 is 2.03 bits per heavy atom. The van der Waals surface area contributed by atoms with Crippen molar-refractivity contribution in [2.75, 3.05) is 20.3 Å². The summed E-state index contributed by atoms with van der Waals surface area (Å²) in [6, 6.07) is 11.2. The number of amides is 1. The second-order valence-electron chi connectivity index (χ2n) is 7.30. The van der Waals surface area contributed by atoms with Gasteiger partial charge in [0.1, 0.15) is 12.4 Å². The summed E-state index contributed by atoms with van der Waals surface area (Å²) in [7, 11) is -2.27. The highest BCUT2D eigenvalue weighted by molar-refractivity contribution is 9.11. The molecular weight excluding hydrogens is 580 g/mol. The monoisotopic (exact) mass is 600 g/mol. The Morgan fingerprint density at radius 1 is 1.27 bits per heavy atom. The Labute approximate surface area is 209 Å². The molecule has 1 fully saturated rings. The standard InChI is InChI=1S/C21H22Br2N4O5S/c1-31-19-5-3-2-4-14(19)10-25-21(28)32-12-17-9-16(11-27(17)13-24)26-33(29,30)20-8-15(22)6-7-18(20)23/h2-8,16-17,26H,9-12H2,1H3,(H,25,28)/t16-,17-/m1/s1. The van der Waals surface area contributed by atoms with Gasteiger partial charge in [-0.25, -0.2) is 17.9 Å². The normalized spacial score (nSPS) is 17.9. The maximum atomic E-state index is 12.8. The van der Waals surface area contributed by atoms with Crippen molar-refractivity contribution < 1.29 is 22.7 Å². The van der Waals surface area contributed by atoms with Crippen LogP contribution in [0, 0.1) is 11.5 Å². The van der Waals surface area contributed by atoms with Gasteiger partial charge < -0.3 is 19.7 Å². The van der Waals surface area contributed by atoms with Gasteiger partial charge in [-0.15, -0.1) is 0 Å². The summed E-state index contributed by atoms with van der Waals surface area (Å²) in [4.78, 5) is 13.6. The fraction of sp³-hybridized carbons (Fsp3) is 0.333. The summed E-state index contributed by atoms with van der Waals surface area (Å²) in [6.45, 7) is 0.349. The van der Waals surface area contributed by atoms with Crippen molar-refractivity contribution in [3.05, 3.63) is 57.0 Å². The van der Waals surface area contributed by atoms with Crippen LogP contribution >= 0.6 is 31.9 Å². The first kappa shape index (κ1) is 25.3. The molecule has 0 aromatic heterocycles. The van der Waals surface area contributed by atoms with E-state index < -0.39 is 28.2 Å². The number of nitriles is 1. The molecule has 0 radical (unpaired) electrons. The van der Waals surface area contributed by atoms with Gasteiger partial charge in [0.2, 0.25) is 10.0 Å². The maximum absolute atomic E-state index is 12.8. The number of sulfonamides is 1. The number of carbonyl (C=O) groups excluding carboxylic acids is 1. The molecular formula is C21H22Br2N4O5S. The van der Waals surface area contributed by atoms with Crippen LogP contribution < -0.4 is 14.8 Å². The summed E-state index contributed by atoms with van der Waals surface area (Å²) in [5, 5.41) is 12.1. The number of methoxy groups -OCH3 is 1. The molecule has 9 nitrogen and oxygen atoms in total. The van der Waals surface area contributed by atoms with Crippen molar-refractivity contribution in [2.24, 2.45) is 0 Å². The van der Waals surface area contributed by atoms with Crippen molar-refractivity contribution in [2.45, 2.75) is 29.9 Å². The average Bonchev–Trinajstić information content (AvgIpc) is 3.18. The number of nitrogens with zero attached hydrogens (tertiary/aromatic N) is 2. The molecule has 12 heteroatoms. The van der Waals surface area contributed by atoms with Crippen molar-refractivity contribution in [1.29, 1.82) is 5.26 Å². The number of hydrogen-bond donors (Lipinski definition) is 2. The van der Waals surface area contributed by atoms with Crippen LogP contribution in [0.4, 0.5) is 4.79 Å². The molecule has 0 unspecified atom stereocenters. The van der Waals surface area contributed by atoms with Crippen LogP contribution in [0.25, 0.3) is 0 Å². The van der Waals surface area contributed by atoms with E-state index in [1.165, 1.54) is 11.0 Å². The van der Waals surface area contributed by atoms with Crippen LogP contribution in [0.1, 0.15) is 12.0 Å². The Bertz CT molecular complexity index is 1160. The van der Waals surface area contributed by atoms with E-state index in [0.29, 0.717) is 21.1 Å². The van der Waals surface area contributed by atoms with Crippen molar-refractivity contribution in [1.82, 2.24) is 14.9 Å². The molecule has 2 aromatic carbocycles. The number of halogens is 2. The minimum Gasteiger partial charge on any atom is -0.496 e. The van der Waals surface area contributed by atoms with E-state index in [1.54, 1.807) is 25.3 Å². The molecule has 0 aliphatic carbocycles. The number of carbonyl (C=O) groups is 1. The zero-order valence-corrected chi connectivity index (χ0v) is 21.6. The Kier molecular flexibility index (Phi) is 8.58. The molecule has 2 N–H and O–H groups in total. The van der Waals surface area contributed by atoms with Gasteiger partial charge in [-0.3, -0.25) is 0 Å². The smallest absolute Gasteiger partial charge is 0.407 e. The molecule has 1 aliphatic rings. The van der Waals surface area contributed by atoms with Gasteiger partial charge in [0.05, 0.1) is 18.0 Å². The molecule has 33 heavy (non-hydrogen) atoms. The van der Waals surface area contributed by atoms with Gasteiger partial charge in [0, 0.05) is 33.6 Å².